The molecule has 4 atom stereocenters. The molecule has 4 aromatic rings. The van der Waals surface area contributed by atoms with Crippen molar-refractivity contribution in [2.24, 2.45) is 0 Å². The minimum Gasteiger partial charge on any atom is -0.341 e. The molecule has 174 valence electrons. The van der Waals surface area contributed by atoms with Crippen molar-refractivity contribution in [3.8, 4) is 33.6 Å². The van der Waals surface area contributed by atoms with Gasteiger partial charge in [-0.3, -0.25) is 9.34 Å². The molecule has 2 saturated heterocycles. The first-order valence-electron chi connectivity index (χ1n) is 12.0. The van der Waals surface area contributed by atoms with Crippen molar-refractivity contribution in [1.82, 2.24) is 29.3 Å². The first-order chi connectivity index (χ1) is 16.7. The lowest BCUT2D eigenvalue weighted by atomic mass is 10.0. The van der Waals surface area contributed by atoms with Gasteiger partial charge < -0.3 is 9.97 Å². The molecule has 0 saturated carbocycles. The number of imidazole rings is 2. The highest BCUT2D eigenvalue weighted by atomic mass is 31.0. The Hall–Kier alpha value is -2.36. The van der Waals surface area contributed by atoms with Crippen LogP contribution in [0.4, 0.5) is 0 Å². The van der Waals surface area contributed by atoms with Gasteiger partial charge in [-0.2, -0.15) is 0 Å². The number of aromatic amines is 2. The van der Waals surface area contributed by atoms with Crippen LogP contribution >= 0.6 is 18.8 Å². The van der Waals surface area contributed by atoms with Crippen LogP contribution in [0.25, 0.3) is 33.6 Å². The van der Waals surface area contributed by atoms with E-state index in [1.807, 2.05) is 12.4 Å². The van der Waals surface area contributed by atoms with Gasteiger partial charge in [-0.1, -0.05) is 67.3 Å². The molecular weight excluding hydrogens is 458 g/mol. The third-order valence-electron chi connectivity index (χ3n) is 7.14. The van der Waals surface area contributed by atoms with E-state index in [-0.39, 0.29) is 0 Å². The van der Waals surface area contributed by atoms with E-state index >= 15 is 0 Å². The minimum atomic E-state index is 0.375. The Kier molecular flexibility index (Phi) is 6.09. The molecule has 0 aliphatic carbocycles. The largest absolute Gasteiger partial charge is 0.341 e. The molecule has 2 aliphatic rings. The fraction of sp³-hybridized carbons (Fsp3) is 0.308. The zero-order valence-corrected chi connectivity index (χ0v) is 21.4. The van der Waals surface area contributed by atoms with Crippen molar-refractivity contribution in [1.29, 1.82) is 0 Å². The van der Waals surface area contributed by atoms with Crippen LogP contribution in [0.15, 0.2) is 60.9 Å². The van der Waals surface area contributed by atoms with Crippen molar-refractivity contribution in [2.45, 2.75) is 37.8 Å². The summed E-state index contributed by atoms with van der Waals surface area (Å²) in [5.41, 5.74) is 6.88. The molecule has 2 fully saturated rings. The summed E-state index contributed by atoms with van der Waals surface area (Å²) in [6.07, 6.45) is 8.66. The van der Waals surface area contributed by atoms with Crippen LogP contribution < -0.4 is 0 Å². The topological polar surface area (TPSA) is 63.8 Å². The van der Waals surface area contributed by atoms with Crippen LogP contribution in [0.1, 0.15) is 49.4 Å². The second kappa shape index (κ2) is 9.36. The predicted molar refractivity (Wildman–Crippen MR) is 144 cm³/mol. The summed E-state index contributed by atoms with van der Waals surface area (Å²) in [7, 11) is 5.66. The summed E-state index contributed by atoms with van der Waals surface area (Å²) in [4.78, 5) is 16.4. The van der Waals surface area contributed by atoms with Crippen molar-refractivity contribution >= 4 is 18.8 Å². The lowest BCUT2D eigenvalue weighted by molar-refractivity contribution is 0.434. The number of rotatable bonds is 5. The molecule has 6 nitrogen and oxygen atoms in total. The third kappa shape index (κ3) is 4.25. The van der Waals surface area contributed by atoms with E-state index in [9.17, 15) is 0 Å². The monoisotopic (exact) mass is 488 g/mol. The zero-order valence-electron chi connectivity index (χ0n) is 19.1. The van der Waals surface area contributed by atoms with E-state index < -0.39 is 0 Å². The summed E-state index contributed by atoms with van der Waals surface area (Å²) in [6.45, 7) is 2.22. The Morgan fingerprint density at radius 3 is 1.35 bits per heavy atom. The quantitative estimate of drug-likeness (QED) is 0.339. The number of hydrogen-bond acceptors (Lipinski definition) is 4. The Bertz CT molecular complexity index is 1160. The molecule has 0 amide bonds. The van der Waals surface area contributed by atoms with Gasteiger partial charge in [-0.15, -0.1) is 0 Å². The van der Waals surface area contributed by atoms with Crippen molar-refractivity contribution < 1.29 is 0 Å². The van der Waals surface area contributed by atoms with Gasteiger partial charge in [0.15, 0.2) is 0 Å². The Morgan fingerprint density at radius 1 is 0.618 bits per heavy atom. The maximum absolute atomic E-state index is 4.65. The second-order valence-corrected chi connectivity index (χ2v) is 10.6. The lowest BCUT2D eigenvalue weighted by Crippen LogP contribution is -2.12. The maximum atomic E-state index is 4.65. The second-order valence-electron chi connectivity index (χ2n) is 9.31. The lowest BCUT2D eigenvalue weighted by Gasteiger charge is -2.16. The molecule has 4 heterocycles. The van der Waals surface area contributed by atoms with Crippen LogP contribution in [0.2, 0.25) is 0 Å². The molecule has 0 radical (unpaired) electrons. The van der Waals surface area contributed by atoms with E-state index in [0.717, 1.165) is 60.1 Å². The molecule has 2 aromatic carbocycles. The molecule has 2 aromatic heterocycles. The van der Waals surface area contributed by atoms with E-state index in [2.05, 4.69) is 96.6 Å². The fourth-order valence-corrected chi connectivity index (χ4v) is 6.10. The van der Waals surface area contributed by atoms with Crippen LogP contribution in [-0.2, 0) is 0 Å². The molecule has 2 aliphatic heterocycles. The van der Waals surface area contributed by atoms with E-state index in [0.29, 0.717) is 12.1 Å². The van der Waals surface area contributed by atoms with Gasteiger partial charge in [0, 0.05) is 13.1 Å². The number of nitrogens with zero attached hydrogens (tertiary/aromatic N) is 4. The summed E-state index contributed by atoms with van der Waals surface area (Å²) in [6, 6.07) is 18.2. The van der Waals surface area contributed by atoms with Crippen LogP contribution in [-0.4, -0.2) is 42.4 Å². The average Bonchev–Trinajstić information content (AvgIpc) is 3.66. The number of aromatic nitrogens is 4. The SMILES string of the molecule is PN1CCC[C@H]1c1ncc(-c2ccc(-c3ccc(-c4cnc([C@@H]5CCCN5P)[nH]4)cc3)cc2)[nH]1. The molecule has 8 heteroatoms. The molecule has 2 unspecified atom stereocenters. The smallest absolute Gasteiger partial charge is 0.124 e. The maximum Gasteiger partial charge on any atom is 0.124 e. The van der Waals surface area contributed by atoms with Crippen LogP contribution in [0.3, 0.4) is 0 Å². The molecule has 6 rings (SSSR count). The van der Waals surface area contributed by atoms with Crippen molar-refractivity contribution in [3.05, 3.63) is 72.6 Å². The van der Waals surface area contributed by atoms with Gasteiger partial charge in [0.05, 0.1) is 35.9 Å². The van der Waals surface area contributed by atoms with E-state index in [1.54, 1.807) is 0 Å². The zero-order chi connectivity index (χ0) is 23.1. The third-order valence-corrected chi connectivity index (χ3v) is 8.37. The van der Waals surface area contributed by atoms with Gasteiger partial charge >= 0.3 is 0 Å². The highest BCUT2D eigenvalue weighted by molar-refractivity contribution is 7.13. The van der Waals surface area contributed by atoms with Gasteiger partial charge in [-0.05, 0) is 47.9 Å². The minimum absolute atomic E-state index is 0.375. The van der Waals surface area contributed by atoms with Crippen molar-refractivity contribution in [2.75, 3.05) is 13.1 Å². The van der Waals surface area contributed by atoms with Crippen molar-refractivity contribution in [3.63, 3.8) is 0 Å². The standard InChI is InChI=1S/C26H30N6P2/c33-31-13-1-3-23(31)25-27-15-21(29-25)19-9-5-17(6-10-19)18-7-11-20(12-8-18)22-16-28-26(30-22)24-4-2-14-32(24)34/h5-12,15-16,23-24H,1-4,13-14,33-34H2,(H,27,29)(H,28,30)/t23-,24-/m0/s1. The number of nitrogens with one attached hydrogen (secondary N) is 2. The number of H-pyrrole nitrogens is 2. The van der Waals surface area contributed by atoms with Crippen LogP contribution in [0.5, 0.6) is 0 Å². The predicted octanol–water partition coefficient (Wildman–Crippen LogP) is 5.99. The summed E-state index contributed by atoms with van der Waals surface area (Å²) >= 11 is 0. The Morgan fingerprint density at radius 2 is 1.00 bits per heavy atom. The first-order valence-corrected chi connectivity index (χ1v) is 13.0. The first kappa shape index (κ1) is 22.1. The van der Waals surface area contributed by atoms with E-state index in [4.69, 9.17) is 0 Å². The molecular formula is C26H30N6P2. The van der Waals surface area contributed by atoms with E-state index in [1.165, 1.54) is 24.0 Å². The number of benzene rings is 2. The molecule has 34 heavy (non-hydrogen) atoms. The van der Waals surface area contributed by atoms with Gasteiger partial charge in [0.2, 0.25) is 0 Å². The van der Waals surface area contributed by atoms with Gasteiger partial charge in [-0.25, -0.2) is 9.97 Å². The molecule has 0 bridgehead atoms. The Labute approximate surface area is 205 Å². The highest BCUT2D eigenvalue weighted by Gasteiger charge is 2.26. The van der Waals surface area contributed by atoms with Gasteiger partial charge in [0.25, 0.3) is 0 Å². The summed E-state index contributed by atoms with van der Waals surface area (Å²) < 4.78 is 4.59. The Balaban J connectivity index is 1.16. The molecule has 0 spiro atoms. The summed E-state index contributed by atoms with van der Waals surface area (Å²) in [5.74, 6) is 2.12. The average molecular weight is 489 g/mol. The fourth-order valence-electron chi connectivity index (χ4n) is 5.16. The molecule has 2 N–H and O–H groups in total. The number of hydrogen-bond donors (Lipinski definition) is 2. The normalized spacial score (nSPS) is 21.5. The summed E-state index contributed by atoms with van der Waals surface area (Å²) in [5, 5.41) is 0. The highest BCUT2D eigenvalue weighted by Crippen LogP contribution is 2.35. The van der Waals surface area contributed by atoms with Gasteiger partial charge in [0.1, 0.15) is 11.6 Å². The van der Waals surface area contributed by atoms with Crippen LogP contribution in [0, 0.1) is 0 Å².